The van der Waals surface area contributed by atoms with Gasteiger partial charge in [-0.2, -0.15) is 0 Å². The van der Waals surface area contributed by atoms with Gasteiger partial charge in [0.05, 0.1) is 16.9 Å². The predicted molar refractivity (Wildman–Crippen MR) is 82.2 cm³/mol. The van der Waals surface area contributed by atoms with E-state index in [1.54, 1.807) is 0 Å². The summed E-state index contributed by atoms with van der Waals surface area (Å²) in [6.45, 7) is 4.81. The zero-order valence-corrected chi connectivity index (χ0v) is 12.7. The third-order valence-corrected chi connectivity index (χ3v) is 4.13. The first-order valence-corrected chi connectivity index (χ1v) is 7.91. The lowest BCUT2D eigenvalue weighted by atomic mass is 10.2. The maximum atomic E-state index is 6.03. The highest BCUT2D eigenvalue weighted by molar-refractivity contribution is 6.16. The number of rotatable bonds is 7. The summed E-state index contributed by atoms with van der Waals surface area (Å²) in [6, 6.07) is 6.23. The van der Waals surface area contributed by atoms with Crippen LogP contribution in [-0.2, 0) is 17.2 Å². The minimum Gasteiger partial charge on any atom is -0.381 e. The molecule has 1 heterocycles. The van der Waals surface area contributed by atoms with Crippen molar-refractivity contribution < 1.29 is 4.74 Å². The number of para-hydroxylation sites is 1. The van der Waals surface area contributed by atoms with Gasteiger partial charge in [0.1, 0.15) is 5.82 Å². The molecule has 0 bridgehead atoms. The first kappa shape index (κ1) is 13.9. The average Bonchev–Trinajstić information content (AvgIpc) is 3.19. The van der Waals surface area contributed by atoms with E-state index in [2.05, 4.69) is 28.6 Å². The Bertz CT molecular complexity index is 589. The number of aromatic nitrogens is 2. The largest absolute Gasteiger partial charge is 0.381 e. The van der Waals surface area contributed by atoms with E-state index in [-0.39, 0.29) is 0 Å². The van der Waals surface area contributed by atoms with Crippen LogP contribution in [-0.4, -0.2) is 22.8 Å². The summed E-state index contributed by atoms with van der Waals surface area (Å²) in [4.78, 5) is 4.62. The Balaban J connectivity index is 1.68. The molecule has 0 N–H and O–H groups in total. The van der Waals surface area contributed by atoms with Crippen molar-refractivity contribution in [3.05, 3.63) is 29.6 Å². The minimum absolute atomic E-state index is 0.455. The highest BCUT2D eigenvalue weighted by Crippen LogP contribution is 2.28. The van der Waals surface area contributed by atoms with Gasteiger partial charge >= 0.3 is 0 Å². The predicted octanol–water partition coefficient (Wildman–Crippen LogP) is 3.90. The van der Waals surface area contributed by atoms with Crippen LogP contribution >= 0.6 is 11.6 Å². The van der Waals surface area contributed by atoms with Gasteiger partial charge < -0.3 is 9.30 Å². The molecular weight excluding hydrogens is 272 g/mol. The molecule has 1 aliphatic rings. The van der Waals surface area contributed by atoms with E-state index in [9.17, 15) is 0 Å². The smallest absolute Gasteiger partial charge is 0.124 e. The lowest BCUT2D eigenvalue weighted by molar-refractivity contribution is 0.119. The second-order valence-corrected chi connectivity index (χ2v) is 5.90. The van der Waals surface area contributed by atoms with E-state index < -0.39 is 0 Å². The van der Waals surface area contributed by atoms with Crippen molar-refractivity contribution >= 4 is 22.6 Å². The molecule has 1 aromatic heterocycles. The van der Waals surface area contributed by atoms with E-state index in [1.165, 1.54) is 23.9 Å². The molecule has 1 aromatic carbocycles. The molecule has 0 aliphatic heterocycles. The number of halogens is 1. The van der Waals surface area contributed by atoms with E-state index in [0.29, 0.717) is 5.88 Å². The van der Waals surface area contributed by atoms with Gasteiger partial charge in [0, 0.05) is 19.8 Å². The SMILES string of the molecule is Cc1cccc2nc(CCl)n(CCCOCC3CC3)c12. The van der Waals surface area contributed by atoms with E-state index in [0.717, 1.165) is 43.4 Å². The lowest BCUT2D eigenvalue weighted by Gasteiger charge is -2.09. The number of benzene rings is 1. The van der Waals surface area contributed by atoms with Gasteiger partial charge in [-0.1, -0.05) is 12.1 Å². The van der Waals surface area contributed by atoms with Gasteiger partial charge in [0.2, 0.25) is 0 Å². The normalized spacial score (nSPS) is 15.1. The van der Waals surface area contributed by atoms with Crippen LogP contribution in [0.3, 0.4) is 0 Å². The number of hydrogen-bond donors (Lipinski definition) is 0. The monoisotopic (exact) mass is 292 g/mol. The van der Waals surface area contributed by atoms with Gasteiger partial charge in [-0.15, -0.1) is 11.6 Å². The number of alkyl halides is 1. The molecule has 1 aliphatic carbocycles. The number of hydrogen-bond acceptors (Lipinski definition) is 2. The maximum absolute atomic E-state index is 6.03. The fraction of sp³-hybridized carbons (Fsp3) is 0.562. The Hall–Kier alpha value is -1.06. The van der Waals surface area contributed by atoms with Crippen LogP contribution in [0.1, 0.15) is 30.7 Å². The van der Waals surface area contributed by atoms with Crippen LogP contribution in [0, 0.1) is 12.8 Å². The Morgan fingerprint density at radius 1 is 1.40 bits per heavy atom. The summed E-state index contributed by atoms with van der Waals surface area (Å²) in [5.74, 6) is 2.25. The number of aryl methyl sites for hydroxylation is 2. The highest BCUT2D eigenvalue weighted by Gasteiger charge is 2.20. The van der Waals surface area contributed by atoms with Gasteiger partial charge in [-0.05, 0) is 43.7 Å². The Morgan fingerprint density at radius 2 is 2.25 bits per heavy atom. The van der Waals surface area contributed by atoms with Crippen molar-refractivity contribution in [2.45, 2.75) is 38.6 Å². The van der Waals surface area contributed by atoms with Crippen molar-refractivity contribution in [1.29, 1.82) is 0 Å². The van der Waals surface area contributed by atoms with Crippen LogP contribution < -0.4 is 0 Å². The summed E-state index contributed by atoms with van der Waals surface area (Å²) in [6.07, 6.45) is 3.71. The molecule has 0 unspecified atom stereocenters. The molecule has 0 amide bonds. The second-order valence-electron chi connectivity index (χ2n) is 5.63. The van der Waals surface area contributed by atoms with Gasteiger partial charge in [0.25, 0.3) is 0 Å². The molecule has 20 heavy (non-hydrogen) atoms. The van der Waals surface area contributed by atoms with E-state index in [4.69, 9.17) is 16.3 Å². The van der Waals surface area contributed by atoms with Crippen molar-refractivity contribution in [2.24, 2.45) is 5.92 Å². The van der Waals surface area contributed by atoms with Gasteiger partial charge in [0.15, 0.2) is 0 Å². The molecule has 2 aromatic rings. The topological polar surface area (TPSA) is 27.1 Å². The third kappa shape index (κ3) is 2.99. The Labute approximate surface area is 124 Å². The number of fused-ring (bicyclic) bond motifs is 1. The molecule has 0 saturated heterocycles. The van der Waals surface area contributed by atoms with Crippen LogP contribution in [0.4, 0.5) is 0 Å². The van der Waals surface area contributed by atoms with Gasteiger partial charge in [-0.25, -0.2) is 4.98 Å². The zero-order valence-electron chi connectivity index (χ0n) is 11.9. The fourth-order valence-corrected chi connectivity index (χ4v) is 2.82. The highest BCUT2D eigenvalue weighted by atomic mass is 35.5. The number of imidazole rings is 1. The summed E-state index contributed by atoms with van der Waals surface area (Å²) < 4.78 is 7.95. The maximum Gasteiger partial charge on any atom is 0.124 e. The minimum atomic E-state index is 0.455. The third-order valence-electron chi connectivity index (χ3n) is 3.89. The van der Waals surface area contributed by atoms with Crippen molar-refractivity contribution in [2.75, 3.05) is 13.2 Å². The summed E-state index contributed by atoms with van der Waals surface area (Å²) in [5.41, 5.74) is 3.51. The standard InChI is InChI=1S/C16H21ClN2O/c1-12-4-2-5-14-16(12)19(15(10-17)18-14)8-3-9-20-11-13-6-7-13/h2,4-5,13H,3,6-11H2,1H3. The summed E-state index contributed by atoms with van der Waals surface area (Å²) >= 11 is 6.03. The fourth-order valence-electron chi connectivity index (χ4n) is 2.62. The van der Waals surface area contributed by atoms with E-state index in [1.807, 2.05) is 6.07 Å². The summed E-state index contributed by atoms with van der Waals surface area (Å²) in [7, 11) is 0. The number of nitrogens with zero attached hydrogens (tertiary/aromatic N) is 2. The first-order valence-electron chi connectivity index (χ1n) is 7.38. The molecule has 0 spiro atoms. The Morgan fingerprint density at radius 3 is 3.00 bits per heavy atom. The van der Waals surface area contributed by atoms with Gasteiger partial charge in [-0.3, -0.25) is 0 Å². The molecule has 1 fully saturated rings. The molecule has 108 valence electrons. The number of ether oxygens (including phenoxy) is 1. The molecule has 0 atom stereocenters. The molecular formula is C16H21ClN2O. The summed E-state index contributed by atoms with van der Waals surface area (Å²) in [5, 5.41) is 0. The first-order chi connectivity index (χ1) is 9.79. The van der Waals surface area contributed by atoms with Crippen LogP contribution in [0.25, 0.3) is 11.0 Å². The van der Waals surface area contributed by atoms with Crippen LogP contribution in [0.5, 0.6) is 0 Å². The Kier molecular flexibility index (Phi) is 4.27. The lowest BCUT2D eigenvalue weighted by Crippen LogP contribution is -2.07. The zero-order chi connectivity index (χ0) is 13.9. The molecule has 4 heteroatoms. The quantitative estimate of drug-likeness (QED) is 0.572. The van der Waals surface area contributed by atoms with Crippen molar-refractivity contribution in [1.82, 2.24) is 9.55 Å². The average molecular weight is 293 g/mol. The molecule has 3 rings (SSSR count). The van der Waals surface area contributed by atoms with Crippen LogP contribution in [0.2, 0.25) is 0 Å². The molecule has 3 nitrogen and oxygen atoms in total. The second kappa shape index (κ2) is 6.15. The van der Waals surface area contributed by atoms with Crippen molar-refractivity contribution in [3.63, 3.8) is 0 Å². The molecule has 1 saturated carbocycles. The molecule has 0 radical (unpaired) electrons. The van der Waals surface area contributed by atoms with Crippen LogP contribution in [0.15, 0.2) is 18.2 Å². The van der Waals surface area contributed by atoms with E-state index >= 15 is 0 Å². The van der Waals surface area contributed by atoms with Crippen molar-refractivity contribution in [3.8, 4) is 0 Å².